The second kappa shape index (κ2) is 783. The minimum absolute atomic E-state index is 0. The Labute approximate surface area is 1010 Å². The van der Waals surface area contributed by atoms with Crippen LogP contribution in [0.5, 0.6) is 0 Å². The zero-order valence-corrected chi connectivity index (χ0v) is 85.2. The zero-order chi connectivity index (χ0) is 0. The van der Waals surface area contributed by atoms with E-state index < -0.39 is 0 Å². The Hall–Kier alpha value is 31.4. The molecule has 0 aliphatic carbocycles. The van der Waals surface area contributed by atoms with Gasteiger partial charge in [0.05, 0.1) is 0 Å². The van der Waals surface area contributed by atoms with Gasteiger partial charge in [-0.2, -0.15) is 0 Å². The maximum atomic E-state index is 0. The summed E-state index contributed by atoms with van der Waals surface area (Å²) in [5, 5.41) is 0. The molecule has 0 aromatic carbocycles. The average molecular weight is 3650 g/mol. The quantitative estimate of drug-likeness (QED) is 0.317. The van der Waals surface area contributed by atoms with E-state index in [1.165, 1.54) is 0 Å². The van der Waals surface area contributed by atoms with Crippen molar-refractivity contribution in [3.63, 3.8) is 0 Å². The van der Waals surface area contributed by atoms with Gasteiger partial charge >= 0.3 is 0 Å². The molecule has 62 radical (unpaired) electrons. The van der Waals surface area contributed by atoms with E-state index in [-0.39, 0.29) is 1040 Å². The Morgan fingerprint density at radius 1 is 0.0161 bits per heavy atom. The molecule has 0 amide bonds. The predicted octanol–water partition coefficient (Wildman–Crippen LogP) is -0.155. The Morgan fingerprint density at radius 3 is 0.0161 bits per heavy atom. The first-order chi connectivity index (χ1) is 0. The van der Waals surface area contributed by atoms with Gasteiger partial charge in [0.2, 0.25) is 0 Å². The van der Waals surface area contributed by atoms with Gasteiger partial charge in [0, 0.05) is 1040 Å². The van der Waals surface area contributed by atoms with E-state index in [4.69, 9.17) is 0 Å². The van der Waals surface area contributed by atoms with Gasteiger partial charge in [-0.1, -0.05) is 0 Å². The van der Waals surface area contributed by atoms with Crippen LogP contribution in [0, 0.1) is 0 Å². The molecule has 0 heterocycles. The summed E-state index contributed by atoms with van der Waals surface area (Å²) < 4.78 is 0. The second-order valence-electron chi connectivity index (χ2n) is 0. The molecule has 0 N–H and O–H groups in total. The molecule has 0 aromatic heterocycles. The number of hydrogen-bond acceptors (Lipinski definition) is 0. The largest absolute Gasteiger partial charge is 0 e. The average Bonchev–Trinajstić information content (AvgIpc) is 0. The molecular formula is Co62. The molecule has 0 bridgehead atoms. The fourth-order valence-electron chi connectivity index (χ4n) is 0. The molecule has 0 fully saturated rings. The topological polar surface area (TPSA) is 0 Å². The van der Waals surface area contributed by atoms with Crippen LogP contribution in [-0.2, 0) is 1040 Å². The monoisotopic (exact) mass is 3650 g/mol. The summed E-state index contributed by atoms with van der Waals surface area (Å²) in [5.74, 6) is 0. The fourth-order valence-corrected chi connectivity index (χ4v) is 0. The molecule has 0 unspecified atom stereocenters. The summed E-state index contributed by atoms with van der Waals surface area (Å²) in [7, 11) is 0. The molecule has 0 aliphatic rings. The Morgan fingerprint density at radius 2 is 0.0161 bits per heavy atom. The normalized spacial score (nSPS) is 0. The minimum Gasteiger partial charge on any atom is 0 e. The van der Waals surface area contributed by atoms with E-state index >= 15 is 0 Å². The van der Waals surface area contributed by atoms with Gasteiger partial charge < -0.3 is 0 Å². The van der Waals surface area contributed by atoms with Crippen molar-refractivity contribution < 1.29 is 1040 Å². The molecule has 62 heteroatoms. The van der Waals surface area contributed by atoms with Gasteiger partial charge in [-0.3, -0.25) is 0 Å². The summed E-state index contributed by atoms with van der Waals surface area (Å²) in [5.41, 5.74) is 0. The van der Waals surface area contributed by atoms with E-state index in [9.17, 15) is 0 Å². The smallest absolute Gasteiger partial charge is 0 e. The van der Waals surface area contributed by atoms with Crippen molar-refractivity contribution in [3.8, 4) is 0 Å². The van der Waals surface area contributed by atoms with Gasteiger partial charge in [-0.15, -0.1) is 0 Å². The van der Waals surface area contributed by atoms with E-state index in [1.54, 1.807) is 0 Å². The van der Waals surface area contributed by atoms with Crippen LogP contribution in [0.1, 0.15) is 0 Å². The standard InChI is InChI=1S/62Co. The van der Waals surface area contributed by atoms with Crippen LogP contribution >= 0.6 is 0 Å². The van der Waals surface area contributed by atoms with Crippen LogP contribution in [0.2, 0.25) is 0 Å². The molecule has 0 nitrogen and oxygen atoms in total. The molecule has 0 aromatic rings. The number of rotatable bonds is 0. The molecule has 0 spiro atoms. The zero-order valence-electron chi connectivity index (χ0n) is 20.7. The van der Waals surface area contributed by atoms with Crippen molar-refractivity contribution in [1.82, 2.24) is 0 Å². The third-order valence-electron chi connectivity index (χ3n) is 0. The third kappa shape index (κ3) is 758. The second-order valence-corrected chi connectivity index (χ2v) is 0. The van der Waals surface area contributed by atoms with Gasteiger partial charge in [0.15, 0.2) is 0 Å². The van der Waals surface area contributed by atoms with Crippen molar-refractivity contribution in [1.29, 1.82) is 0 Å². The molecular weight excluding hydrogens is 3650 g/mol. The summed E-state index contributed by atoms with van der Waals surface area (Å²) in [4.78, 5) is 0. The summed E-state index contributed by atoms with van der Waals surface area (Å²) in [6, 6.07) is 0. The SMILES string of the molecule is [Co].[Co].[Co].[Co].[Co].[Co].[Co].[Co].[Co].[Co].[Co].[Co].[Co].[Co].[Co].[Co].[Co].[Co].[Co].[Co].[Co].[Co].[Co].[Co].[Co].[Co].[Co].[Co].[Co].[Co].[Co].[Co].[Co].[Co].[Co].[Co].[Co].[Co].[Co].[Co].[Co].[Co].[Co].[Co].[Co].[Co].[Co].[Co].[Co].[Co].[Co].[Co].[Co].[Co].[Co].[Co].[Co].[Co].[Co].[Co].[Co].[Co]. The van der Waals surface area contributed by atoms with E-state index in [1.807, 2.05) is 0 Å². The molecule has 0 saturated carbocycles. The van der Waals surface area contributed by atoms with Gasteiger partial charge in [-0.05, 0) is 0 Å². The molecule has 62 heavy (non-hydrogen) atoms. The Kier molecular flexibility index (Phi) is 10200. The molecule has 558 valence electrons. The summed E-state index contributed by atoms with van der Waals surface area (Å²) in [6.45, 7) is 0. The molecule has 0 atom stereocenters. The van der Waals surface area contributed by atoms with Crippen LogP contribution in [0.4, 0.5) is 0 Å². The van der Waals surface area contributed by atoms with Gasteiger partial charge in [0.25, 0.3) is 0 Å². The van der Waals surface area contributed by atoms with Crippen molar-refractivity contribution in [2.75, 3.05) is 0 Å². The molecule has 0 saturated heterocycles. The Balaban J connectivity index is 0. The van der Waals surface area contributed by atoms with Gasteiger partial charge in [-0.25, -0.2) is 0 Å². The van der Waals surface area contributed by atoms with Crippen LogP contribution in [0.25, 0.3) is 0 Å². The van der Waals surface area contributed by atoms with Crippen molar-refractivity contribution in [2.45, 2.75) is 0 Å². The predicted molar refractivity (Wildman–Crippen MR) is 0 cm³/mol. The van der Waals surface area contributed by atoms with E-state index in [0.717, 1.165) is 0 Å². The summed E-state index contributed by atoms with van der Waals surface area (Å²) >= 11 is 0. The maximum Gasteiger partial charge on any atom is 0 e. The molecule has 0 aliphatic heterocycles. The first-order valence-corrected chi connectivity index (χ1v) is 0. The maximum absolute atomic E-state index is 0. The van der Waals surface area contributed by atoms with E-state index in [2.05, 4.69) is 0 Å². The first kappa shape index (κ1) is 809. The van der Waals surface area contributed by atoms with Gasteiger partial charge in [0.1, 0.15) is 0 Å². The Bertz CT molecular complexity index is 0. The first-order valence-electron chi connectivity index (χ1n) is 0. The van der Waals surface area contributed by atoms with Crippen molar-refractivity contribution in [2.24, 2.45) is 0 Å². The minimum atomic E-state index is 0. The number of hydrogen-bond donors (Lipinski definition) is 0. The fraction of sp³-hybridized carbons (Fsp3) is 0. The van der Waals surface area contributed by atoms with Crippen LogP contribution in [0.3, 0.4) is 0 Å². The third-order valence-corrected chi connectivity index (χ3v) is 0. The molecule has 0 rings (SSSR count). The van der Waals surface area contributed by atoms with Crippen molar-refractivity contribution in [3.05, 3.63) is 0 Å². The van der Waals surface area contributed by atoms with E-state index in [0.29, 0.717) is 0 Å². The van der Waals surface area contributed by atoms with Crippen LogP contribution < -0.4 is 0 Å². The van der Waals surface area contributed by atoms with Crippen molar-refractivity contribution >= 4 is 0 Å². The van der Waals surface area contributed by atoms with Crippen LogP contribution in [-0.4, -0.2) is 0 Å². The van der Waals surface area contributed by atoms with Crippen LogP contribution in [0.15, 0.2) is 0 Å². The summed E-state index contributed by atoms with van der Waals surface area (Å²) in [6.07, 6.45) is 0.